The van der Waals surface area contributed by atoms with E-state index in [1.165, 1.54) is 11.3 Å². The van der Waals surface area contributed by atoms with Gasteiger partial charge < -0.3 is 9.64 Å². The Kier molecular flexibility index (Phi) is 6.43. The molecule has 0 N–H and O–H groups in total. The van der Waals surface area contributed by atoms with Crippen LogP contribution >= 0.6 is 34.5 Å². The number of alkyl halides is 2. The molecule has 0 aliphatic heterocycles. The average Bonchev–Trinajstić information content (AvgIpc) is 2.88. The molecule has 0 saturated heterocycles. The van der Waals surface area contributed by atoms with Crippen LogP contribution < -0.4 is 0 Å². The van der Waals surface area contributed by atoms with Crippen molar-refractivity contribution in [1.82, 2.24) is 4.90 Å². The van der Waals surface area contributed by atoms with Gasteiger partial charge in [-0.3, -0.25) is 0 Å². The zero-order chi connectivity index (χ0) is 13.6. The third-order valence-corrected chi connectivity index (χ3v) is 4.55. The van der Waals surface area contributed by atoms with Gasteiger partial charge in [0.25, 0.3) is 0 Å². The first-order chi connectivity index (χ1) is 8.52. The van der Waals surface area contributed by atoms with Crippen LogP contribution in [0.15, 0.2) is 17.5 Å². The van der Waals surface area contributed by atoms with Crippen LogP contribution in [0.5, 0.6) is 0 Å². The molecule has 6 heteroatoms. The van der Waals surface area contributed by atoms with Gasteiger partial charge in [-0.05, 0) is 24.5 Å². The second-order valence-corrected chi connectivity index (χ2v) is 5.99. The summed E-state index contributed by atoms with van der Waals surface area (Å²) in [6.07, 6.45) is 0. The lowest BCUT2D eigenvalue weighted by Crippen LogP contribution is -2.31. The second kappa shape index (κ2) is 7.34. The average molecular weight is 310 g/mol. The van der Waals surface area contributed by atoms with E-state index >= 15 is 0 Å². The SMILES string of the molecule is CCN(CC)CCOC(=O)C(Cl)(Cl)c1cccs1. The predicted molar refractivity (Wildman–Crippen MR) is 76.5 cm³/mol. The minimum Gasteiger partial charge on any atom is -0.462 e. The lowest BCUT2D eigenvalue weighted by molar-refractivity contribution is -0.145. The molecule has 3 nitrogen and oxygen atoms in total. The number of nitrogens with zero attached hydrogens (tertiary/aromatic N) is 1. The number of rotatable bonds is 7. The fourth-order valence-corrected chi connectivity index (χ4v) is 2.65. The maximum absolute atomic E-state index is 11.8. The minimum atomic E-state index is -1.60. The van der Waals surface area contributed by atoms with Gasteiger partial charge in [-0.1, -0.05) is 43.1 Å². The van der Waals surface area contributed by atoms with E-state index < -0.39 is 10.3 Å². The Morgan fingerprint density at radius 2 is 2.11 bits per heavy atom. The summed E-state index contributed by atoms with van der Waals surface area (Å²) in [5.41, 5.74) is 0. The van der Waals surface area contributed by atoms with Gasteiger partial charge in [-0.2, -0.15) is 0 Å². The second-order valence-electron chi connectivity index (χ2n) is 3.71. The standard InChI is InChI=1S/C12H17Cl2NO2S/c1-3-15(4-2)7-8-17-11(16)12(13,14)10-6-5-9-18-10/h5-6,9H,3-4,7-8H2,1-2H3. The van der Waals surface area contributed by atoms with E-state index in [1.807, 2.05) is 5.38 Å². The third kappa shape index (κ3) is 4.12. The van der Waals surface area contributed by atoms with Crippen molar-refractivity contribution in [3.63, 3.8) is 0 Å². The van der Waals surface area contributed by atoms with Gasteiger partial charge in [0.1, 0.15) is 6.61 Å². The fourth-order valence-electron chi connectivity index (χ4n) is 1.46. The Bertz CT molecular complexity index is 364. The Balaban J connectivity index is 2.46. The minimum absolute atomic E-state index is 0.299. The van der Waals surface area contributed by atoms with E-state index in [0.717, 1.165) is 13.1 Å². The van der Waals surface area contributed by atoms with E-state index in [0.29, 0.717) is 18.0 Å². The Morgan fingerprint density at radius 1 is 1.44 bits per heavy atom. The van der Waals surface area contributed by atoms with E-state index in [4.69, 9.17) is 27.9 Å². The van der Waals surface area contributed by atoms with Crippen molar-refractivity contribution in [2.75, 3.05) is 26.2 Å². The molecule has 0 bridgehead atoms. The highest BCUT2D eigenvalue weighted by atomic mass is 35.5. The molecule has 1 aromatic rings. The molecule has 0 fully saturated rings. The molecular weight excluding hydrogens is 293 g/mol. The first kappa shape index (κ1) is 15.8. The van der Waals surface area contributed by atoms with Crippen LogP contribution in [0.4, 0.5) is 0 Å². The Hall–Kier alpha value is -0.290. The molecule has 102 valence electrons. The van der Waals surface area contributed by atoms with Gasteiger partial charge in [0, 0.05) is 6.54 Å². The molecule has 0 amide bonds. The summed E-state index contributed by atoms with van der Waals surface area (Å²) < 4.78 is 3.53. The van der Waals surface area contributed by atoms with Crippen molar-refractivity contribution in [3.05, 3.63) is 22.4 Å². The molecule has 1 aromatic heterocycles. The van der Waals surface area contributed by atoms with Gasteiger partial charge in [-0.15, -0.1) is 11.3 Å². The van der Waals surface area contributed by atoms with Crippen LogP contribution in [0.2, 0.25) is 0 Å². The molecule has 0 saturated carbocycles. The summed E-state index contributed by atoms with van der Waals surface area (Å²) >= 11 is 13.4. The fraction of sp³-hybridized carbons (Fsp3) is 0.583. The number of carbonyl (C=O) groups is 1. The maximum Gasteiger partial charge on any atom is 0.348 e. The maximum atomic E-state index is 11.8. The van der Waals surface area contributed by atoms with Gasteiger partial charge in [-0.25, -0.2) is 4.79 Å². The van der Waals surface area contributed by atoms with E-state index in [2.05, 4.69) is 18.7 Å². The van der Waals surface area contributed by atoms with Crippen molar-refractivity contribution in [1.29, 1.82) is 0 Å². The van der Waals surface area contributed by atoms with Crippen LogP contribution in [0.1, 0.15) is 18.7 Å². The number of hydrogen-bond acceptors (Lipinski definition) is 4. The summed E-state index contributed by atoms with van der Waals surface area (Å²) in [6, 6.07) is 3.51. The highest BCUT2D eigenvalue weighted by molar-refractivity contribution is 7.11. The molecule has 0 unspecified atom stereocenters. The third-order valence-electron chi connectivity index (χ3n) is 2.62. The molecule has 0 radical (unpaired) electrons. The van der Waals surface area contributed by atoms with E-state index in [-0.39, 0.29) is 0 Å². The summed E-state index contributed by atoms with van der Waals surface area (Å²) in [5, 5.41) is 1.82. The van der Waals surface area contributed by atoms with Crippen LogP contribution in [-0.4, -0.2) is 37.1 Å². The van der Waals surface area contributed by atoms with Crippen molar-refractivity contribution < 1.29 is 9.53 Å². The van der Waals surface area contributed by atoms with Crippen molar-refractivity contribution in [3.8, 4) is 0 Å². The summed E-state index contributed by atoms with van der Waals surface area (Å²) in [4.78, 5) is 14.6. The zero-order valence-electron chi connectivity index (χ0n) is 10.5. The molecule has 0 atom stereocenters. The number of likely N-dealkylation sites (N-methyl/N-ethyl adjacent to an activating group) is 1. The summed E-state index contributed by atoms with van der Waals surface area (Å²) in [7, 11) is 0. The smallest absolute Gasteiger partial charge is 0.348 e. The largest absolute Gasteiger partial charge is 0.462 e. The number of ether oxygens (including phenoxy) is 1. The molecule has 1 rings (SSSR count). The lowest BCUT2D eigenvalue weighted by Gasteiger charge is -2.20. The quantitative estimate of drug-likeness (QED) is 0.572. The van der Waals surface area contributed by atoms with Crippen molar-refractivity contribution in [2.24, 2.45) is 0 Å². The number of carbonyl (C=O) groups excluding carboxylic acids is 1. The highest BCUT2D eigenvalue weighted by Gasteiger charge is 2.38. The monoisotopic (exact) mass is 309 g/mol. The van der Waals surface area contributed by atoms with E-state index in [9.17, 15) is 4.79 Å². The van der Waals surface area contributed by atoms with Crippen LogP contribution in [0.25, 0.3) is 0 Å². The predicted octanol–water partition coefficient (Wildman–Crippen LogP) is 3.26. The Labute approximate surface area is 122 Å². The first-order valence-corrected chi connectivity index (χ1v) is 7.47. The van der Waals surface area contributed by atoms with Crippen molar-refractivity contribution in [2.45, 2.75) is 18.2 Å². The number of esters is 1. The van der Waals surface area contributed by atoms with E-state index in [1.54, 1.807) is 12.1 Å². The molecular formula is C12H17Cl2NO2S. The highest BCUT2D eigenvalue weighted by Crippen LogP contribution is 2.37. The van der Waals surface area contributed by atoms with Gasteiger partial charge in [0.15, 0.2) is 0 Å². The molecule has 18 heavy (non-hydrogen) atoms. The summed E-state index contributed by atoms with van der Waals surface area (Å²) in [6.45, 7) is 6.95. The lowest BCUT2D eigenvalue weighted by atomic mass is 10.3. The number of halogens is 2. The van der Waals surface area contributed by atoms with Crippen molar-refractivity contribution >= 4 is 40.5 Å². The van der Waals surface area contributed by atoms with Crippen LogP contribution in [0, 0.1) is 0 Å². The van der Waals surface area contributed by atoms with Gasteiger partial charge >= 0.3 is 5.97 Å². The topological polar surface area (TPSA) is 29.5 Å². The van der Waals surface area contributed by atoms with Gasteiger partial charge in [0.2, 0.25) is 4.33 Å². The first-order valence-electron chi connectivity index (χ1n) is 5.83. The molecule has 1 heterocycles. The number of thiophene rings is 1. The molecule has 0 spiro atoms. The van der Waals surface area contributed by atoms with Gasteiger partial charge in [0.05, 0.1) is 4.88 Å². The number of hydrogen-bond donors (Lipinski definition) is 0. The molecule has 0 aliphatic carbocycles. The summed E-state index contributed by atoms with van der Waals surface area (Å²) in [5.74, 6) is -0.611. The zero-order valence-corrected chi connectivity index (χ0v) is 12.8. The van der Waals surface area contributed by atoms with Crippen LogP contribution in [-0.2, 0) is 13.9 Å². The Morgan fingerprint density at radius 3 is 2.61 bits per heavy atom. The molecule has 0 aromatic carbocycles. The normalized spacial score (nSPS) is 11.8. The molecule has 0 aliphatic rings. The van der Waals surface area contributed by atoms with Crippen LogP contribution in [0.3, 0.4) is 0 Å².